The van der Waals surface area contributed by atoms with Gasteiger partial charge in [-0.2, -0.15) is 0 Å². The normalized spacial score (nSPS) is 19.2. The highest BCUT2D eigenvalue weighted by Crippen LogP contribution is 2.18. The summed E-state index contributed by atoms with van der Waals surface area (Å²) in [5, 5.41) is 3.30. The molecule has 0 aromatic rings. The predicted octanol–water partition coefficient (Wildman–Crippen LogP) is 1.19. The number of nitrogens with zero attached hydrogens (tertiary/aromatic N) is 2. The molecule has 5 heteroatoms. The van der Waals surface area contributed by atoms with E-state index < -0.39 is 0 Å². The van der Waals surface area contributed by atoms with Crippen LogP contribution in [0.1, 0.15) is 33.1 Å². The highest BCUT2D eigenvalue weighted by Gasteiger charge is 2.23. The Hall–Kier alpha value is -0.650. The van der Waals surface area contributed by atoms with Crippen LogP contribution in [0.15, 0.2) is 0 Å². The van der Waals surface area contributed by atoms with E-state index in [4.69, 9.17) is 4.74 Å². The first-order valence-electron chi connectivity index (χ1n) is 8.13. The van der Waals surface area contributed by atoms with Gasteiger partial charge in [-0.25, -0.2) is 0 Å². The number of ether oxygens (including phenoxy) is 1. The first-order chi connectivity index (χ1) is 9.92. The molecule has 0 spiro atoms. The molecule has 0 amide bonds. The molecule has 1 heterocycles. The lowest BCUT2D eigenvalue weighted by atomic mass is 9.96. The smallest absolute Gasteiger partial charge is 0.322 e. The van der Waals surface area contributed by atoms with Gasteiger partial charge in [0.1, 0.15) is 6.04 Å². The van der Waals surface area contributed by atoms with E-state index in [2.05, 4.69) is 43.1 Å². The standard InChI is InChI=1S/C16H33N3O2/c1-13(2)17-15(16(20)21-5)8-11-19-9-6-14(7-10-19)12-18(3)4/h13-15,17H,6-12H2,1-5H3. The van der Waals surface area contributed by atoms with E-state index in [0.29, 0.717) is 6.04 Å². The highest BCUT2D eigenvalue weighted by atomic mass is 16.5. The van der Waals surface area contributed by atoms with Gasteiger partial charge >= 0.3 is 5.97 Å². The molecule has 1 unspecified atom stereocenters. The molecule has 21 heavy (non-hydrogen) atoms. The zero-order valence-corrected chi connectivity index (χ0v) is 14.4. The zero-order chi connectivity index (χ0) is 15.8. The van der Waals surface area contributed by atoms with Gasteiger partial charge in [-0.15, -0.1) is 0 Å². The number of likely N-dealkylation sites (tertiary alicyclic amines) is 1. The van der Waals surface area contributed by atoms with Crippen LogP contribution in [-0.2, 0) is 9.53 Å². The van der Waals surface area contributed by atoms with Crippen LogP contribution < -0.4 is 5.32 Å². The largest absolute Gasteiger partial charge is 0.468 e. The second-order valence-corrected chi connectivity index (χ2v) is 6.73. The number of esters is 1. The molecule has 1 aliphatic rings. The lowest BCUT2D eigenvalue weighted by Crippen LogP contribution is -2.45. The molecule has 1 aliphatic heterocycles. The summed E-state index contributed by atoms with van der Waals surface area (Å²) in [5.74, 6) is 0.674. The lowest BCUT2D eigenvalue weighted by molar-refractivity contribution is -0.143. The SMILES string of the molecule is COC(=O)C(CCN1CCC(CN(C)C)CC1)NC(C)C. The summed E-state index contributed by atoms with van der Waals surface area (Å²) < 4.78 is 4.89. The average Bonchev–Trinajstić information content (AvgIpc) is 2.43. The van der Waals surface area contributed by atoms with E-state index in [9.17, 15) is 4.79 Å². The highest BCUT2D eigenvalue weighted by molar-refractivity contribution is 5.75. The Balaban J connectivity index is 2.32. The maximum atomic E-state index is 11.8. The van der Waals surface area contributed by atoms with Crippen LogP contribution in [0.2, 0.25) is 0 Å². The first kappa shape index (κ1) is 18.4. The summed E-state index contributed by atoms with van der Waals surface area (Å²) in [6, 6.07) is 0.106. The molecule has 0 saturated carbocycles. The Morgan fingerprint density at radius 2 is 1.95 bits per heavy atom. The van der Waals surface area contributed by atoms with Gasteiger partial charge in [-0.3, -0.25) is 4.79 Å². The second-order valence-electron chi connectivity index (χ2n) is 6.73. The number of hydrogen-bond acceptors (Lipinski definition) is 5. The number of piperidine rings is 1. The Morgan fingerprint density at radius 1 is 1.33 bits per heavy atom. The van der Waals surface area contributed by atoms with E-state index >= 15 is 0 Å². The van der Waals surface area contributed by atoms with Crippen LogP contribution in [0.3, 0.4) is 0 Å². The third-order valence-electron chi connectivity index (χ3n) is 4.08. The Bertz CT molecular complexity index is 300. The Kier molecular flexibility index (Phi) is 8.22. The molecule has 0 aliphatic carbocycles. The number of carbonyl (C=O) groups is 1. The number of rotatable bonds is 8. The Morgan fingerprint density at radius 3 is 2.43 bits per heavy atom. The number of hydrogen-bond donors (Lipinski definition) is 1. The third kappa shape index (κ3) is 7.25. The van der Waals surface area contributed by atoms with E-state index in [1.807, 2.05) is 0 Å². The molecule has 0 bridgehead atoms. The van der Waals surface area contributed by atoms with Gasteiger partial charge in [0.2, 0.25) is 0 Å². The van der Waals surface area contributed by atoms with Gasteiger partial charge in [0, 0.05) is 19.1 Å². The molecule has 1 fully saturated rings. The predicted molar refractivity (Wildman–Crippen MR) is 86.4 cm³/mol. The van der Waals surface area contributed by atoms with Crippen molar-refractivity contribution in [3.63, 3.8) is 0 Å². The van der Waals surface area contributed by atoms with Crippen molar-refractivity contribution in [2.75, 3.05) is 47.4 Å². The van der Waals surface area contributed by atoms with Crippen molar-refractivity contribution in [2.24, 2.45) is 5.92 Å². The average molecular weight is 299 g/mol. The van der Waals surface area contributed by atoms with Gasteiger partial charge in [-0.1, -0.05) is 13.8 Å². The summed E-state index contributed by atoms with van der Waals surface area (Å²) in [6.45, 7) is 8.56. The number of nitrogens with one attached hydrogen (secondary N) is 1. The minimum absolute atomic E-state index is 0.147. The number of methoxy groups -OCH3 is 1. The third-order valence-corrected chi connectivity index (χ3v) is 4.08. The van der Waals surface area contributed by atoms with Crippen molar-refractivity contribution in [3.05, 3.63) is 0 Å². The fraction of sp³-hybridized carbons (Fsp3) is 0.938. The lowest BCUT2D eigenvalue weighted by Gasteiger charge is -2.34. The molecule has 1 saturated heterocycles. The van der Waals surface area contributed by atoms with Crippen molar-refractivity contribution in [2.45, 2.75) is 45.2 Å². The van der Waals surface area contributed by atoms with Crippen LogP contribution in [0.4, 0.5) is 0 Å². The maximum Gasteiger partial charge on any atom is 0.322 e. The molecular formula is C16H33N3O2. The van der Waals surface area contributed by atoms with Crippen LogP contribution in [0, 0.1) is 5.92 Å². The van der Waals surface area contributed by atoms with Crippen molar-refractivity contribution >= 4 is 5.97 Å². The summed E-state index contributed by atoms with van der Waals surface area (Å²) in [6.07, 6.45) is 3.35. The minimum Gasteiger partial charge on any atom is -0.468 e. The molecule has 124 valence electrons. The molecule has 5 nitrogen and oxygen atoms in total. The van der Waals surface area contributed by atoms with Crippen molar-refractivity contribution in [1.29, 1.82) is 0 Å². The number of carbonyl (C=O) groups excluding carboxylic acids is 1. The van der Waals surface area contributed by atoms with Crippen molar-refractivity contribution < 1.29 is 9.53 Å². The van der Waals surface area contributed by atoms with Crippen LogP contribution in [0.25, 0.3) is 0 Å². The molecule has 1 atom stereocenters. The fourth-order valence-corrected chi connectivity index (χ4v) is 3.03. The minimum atomic E-state index is -0.186. The first-order valence-corrected chi connectivity index (χ1v) is 8.13. The van der Waals surface area contributed by atoms with Crippen LogP contribution in [-0.4, -0.2) is 75.2 Å². The van der Waals surface area contributed by atoms with Gasteiger partial charge in [0.25, 0.3) is 0 Å². The van der Waals surface area contributed by atoms with Gasteiger partial charge in [0.15, 0.2) is 0 Å². The van der Waals surface area contributed by atoms with Crippen molar-refractivity contribution in [1.82, 2.24) is 15.1 Å². The Labute approximate surface area is 130 Å². The van der Waals surface area contributed by atoms with E-state index in [1.165, 1.54) is 26.5 Å². The zero-order valence-electron chi connectivity index (χ0n) is 14.4. The summed E-state index contributed by atoms with van der Waals surface area (Å²) in [7, 11) is 5.75. The monoisotopic (exact) mass is 299 g/mol. The molecule has 0 aromatic carbocycles. The fourth-order valence-electron chi connectivity index (χ4n) is 3.03. The maximum absolute atomic E-state index is 11.8. The molecule has 1 rings (SSSR count). The van der Waals surface area contributed by atoms with Gasteiger partial charge in [-0.05, 0) is 52.4 Å². The summed E-state index contributed by atoms with van der Waals surface area (Å²) in [5.41, 5.74) is 0. The van der Waals surface area contributed by atoms with Crippen LogP contribution in [0.5, 0.6) is 0 Å². The molecule has 1 N–H and O–H groups in total. The summed E-state index contributed by atoms with van der Waals surface area (Å²) >= 11 is 0. The van der Waals surface area contributed by atoms with Gasteiger partial charge < -0.3 is 19.9 Å². The van der Waals surface area contributed by atoms with E-state index in [-0.39, 0.29) is 12.0 Å². The van der Waals surface area contributed by atoms with Crippen LogP contribution >= 0.6 is 0 Å². The van der Waals surface area contributed by atoms with Gasteiger partial charge in [0.05, 0.1) is 7.11 Å². The van der Waals surface area contributed by atoms with Crippen molar-refractivity contribution in [3.8, 4) is 0 Å². The van der Waals surface area contributed by atoms with E-state index in [0.717, 1.165) is 32.0 Å². The summed E-state index contributed by atoms with van der Waals surface area (Å²) in [4.78, 5) is 16.5. The molecular weight excluding hydrogens is 266 g/mol. The quantitative estimate of drug-likeness (QED) is 0.682. The molecule has 0 aromatic heterocycles. The van der Waals surface area contributed by atoms with E-state index in [1.54, 1.807) is 0 Å². The second kappa shape index (κ2) is 9.38. The topological polar surface area (TPSA) is 44.8 Å². The molecule has 0 radical (unpaired) electrons.